The summed E-state index contributed by atoms with van der Waals surface area (Å²) in [5.41, 5.74) is -0.760. The number of hydrogen-bond donors (Lipinski definition) is 3. The molecule has 7 nitrogen and oxygen atoms in total. The molecule has 3 saturated carbocycles. The van der Waals surface area contributed by atoms with Crippen molar-refractivity contribution in [1.82, 2.24) is 9.97 Å². The molecule has 4 aliphatic carbocycles. The smallest absolute Gasteiger partial charge is 0.185 e. The van der Waals surface area contributed by atoms with E-state index in [0.717, 1.165) is 35.2 Å². The summed E-state index contributed by atoms with van der Waals surface area (Å²) < 4.78 is 0. The molecule has 0 bridgehead atoms. The zero-order valence-electron chi connectivity index (χ0n) is 20.9. The second kappa shape index (κ2) is 8.04. The Morgan fingerprint density at radius 1 is 1.33 bits per heavy atom. The first-order chi connectivity index (χ1) is 17.1. The van der Waals surface area contributed by atoms with E-state index in [-0.39, 0.29) is 47.2 Å². The molecule has 0 spiro atoms. The fraction of sp³-hybridized carbons (Fsp3) is 0.571. The third kappa shape index (κ3) is 3.17. The fourth-order valence-electron chi connectivity index (χ4n) is 8.39. The van der Waals surface area contributed by atoms with E-state index in [1.165, 1.54) is 11.3 Å². The van der Waals surface area contributed by atoms with Gasteiger partial charge in [0.05, 0.1) is 12.6 Å². The normalized spacial score (nSPS) is 41.4. The highest BCUT2D eigenvalue weighted by Crippen LogP contribution is 2.68. The number of nitrogens with zero attached hydrogens (tertiary/aromatic N) is 2. The Balaban J connectivity index is 1.28. The molecule has 4 aliphatic rings. The number of Topliss-reactive ketones (excluding diaryl/α,β-unsaturated/α-hetero) is 1. The Hall–Kier alpha value is -2.42. The topological polar surface area (TPSA) is 112 Å². The van der Waals surface area contributed by atoms with Crippen molar-refractivity contribution in [3.8, 4) is 0 Å². The summed E-state index contributed by atoms with van der Waals surface area (Å²) in [6, 6.07) is 3.71. The van der Waals surface area contributed by atoms with Crippen molar-refractivity contribution >= 4 is 38.4 Å². The van der Waals surface area contributed by atoms with Gasteiger partial charge in [-0.1, -0.05) is 43.8 Å². The van der Waals surface area contributed by atoms with Gasteiger partial charge >= 0.3 is 0 Å². The second-order valence-corrected chi connectivity index (χ2v) is 12.7. The summed E-state index contributed by atoms with van der Waals surface area (Å²) in [4.78, 5) is 35.4. The Labute approximate surface area is 214 Å². The van der Waals surface area contributed by atoms with Crippen LogP contribution in [0.15, 0.2) is 42.1 Å². The average molecular weight is 508 g/mol. The van der Waals surface area contributed by atoms with Crippen molar-refractivity contribution in [2.45, 2.75) is 58.2 Å². The van der Waals surface area contributed by atoms with Gasteiger partial charge in [-0.15, -0.1) is 0 Å². The van der Waals surface area contributed by atoms with E-state index in [9.17, 15) is 19.8 Å². The molecule has 2 aromatic heterocycles. The Morgan fingerprint density at radius 2 is 2.14 bits per heavy atom. The number of carbonyl (C=O) groups is 2. The molecule has 5 unspecified atom stereocenters. The average Bonchev–Trinajstić information content (AvgIpc) is 3.35. The lowest BCUT2D eigenvalue weighted by Crippen LogP contribution is -2.63. The zero-order chi connectivity index (χ0) is 25.5. The summed E-state index contributed by atoms with van der Waals surface area (Å²) in [5, 5.41) is 27.5. The number of thiazole rings is 1. The number of nitrogens with one attached hydrogen (secondary N) is 1. The van der Waals surface area contributed by atoms with E-state index >= 15 is 0 Å². The number of ketones is 2. The van der Waals surface area contributed by atoms with Gasteiger partial charge in [0.25, 0.3) is 0 Å². The van der Waals surface area contributed by atoms with Crippen molar-refractivity contribution in [3.05, 3.63) is 42.1 Å². The van der Waals surface area contributed by atoms with Gasteiger partial charge in [-0.05, 0) is 67.7 Å². The lowest BCUT2D eigenvalue weighted by atomic mass is 9.46. The first kappa shape index (κ1) is 23.9. The summed E-state index contributed by atoms with van der Waals surface area (Å²) in [6.07, 6.45) is 9.18. The monoisotopic (exact) mass is 507 g/mol. The number of fused-ring (bicyclic) bond motifs is 6. The summed E-state index contributed by atoms with van der Waals surface area (Å²) in [7, 11) is 0. The third-order valence-corrected chi connectivity index (χ3v) is 11.0. The molecule has 8 atom stereocenters. The Kier molecular flexibility index (Phi) is 5.35. The van der Waals surface area contributed by atoms with Crippen LogP contribution in [-0.4, -0.2) is 50.0 Å². The van der Waals surface area contributed by atoms with Gasteiger partial charge in [0.1, 0.15) is 15.9 Å². The maximum Gasteiger partial charge on any atom is 0.185 e. The third-order valence-electron chi connectivity index (χ3n) is 10.1. The number of anilines is 1. The maximum atomic E-state index is 13.7. The molecule has 8 heteroatoms. The summed E-state index contributed by atoms with van der Waals surface area (Å²) >= 11 is 1.39. The first-order valence-electron chi connectivity index (χ1n) is 12.9. The second-order valence-electron chi connectivity index (χ2n) is 11.7. The molecule has 36 heavy (non-hydrogen) atoms. The zero-order valence-corrected chi connectivity index (χ0v) is 21.7. The van der Waals surface area contributed by atoms with Crippen LogP contribution in [-0.2, 0) is 9.59 Å². The molecule has 0 saturated heterocycles. The summed E-state index contributed by atoms with van der Waals surface area (Å²) in [6.45, 7) is 6.09. The van der Waals surface area contributed by atoms with Crippen molar-refractivity contribution in [2.75, 3.05) is 11.9 Å². The molecule has 6 rings (SSSR count). The lowest BCUT2D eigenvalue weighted by Gasteiger charge is -2.59. The number of aliphatic hydroxyl groups is 2. The van der Waals surface area contributed by atoms with Gasteiger partial charge in [0.15, 0.2) is 16.7 Å². The van der Waals surface area contributed by atoms with E-state index in [2.05, 4.69) is 22.2 Å². The van der Waals surface area contributed by atoms with Crippen molar-refractivity contribution in [1.29, 1.82) is 0 Å². The molecular weight excluding hydrogens is 474 g/mol. The van der Waals surface area contributed by atoms with Crippen LogP contribution in [0.5, 0.6) is 0 Å². The Bertz CT molecular complexity index is 1290. The highest BCUT2D eigenvalue weighted by atomic mass is 32.1. The van der Waals surface area contributed by atoms with E-state index in [0.29, 0.717) is 11.6 Å². The maximum absolute atomic E-state index is 13.7. The van der Waals surface area contributed by atoms with Gasteiger partial charge in [-0.2, -0.15) is 0 Å². The van der Waals surface area contributed by atoms with Crippen LogP contribution in [0.1, 0.15) is 46.5 Å². The van der Waals surface area contributed by atoms with E-state index < -0.39 is 17.1 Å². The van der Waals surface area contributed by atoms with Crippen LogP contribution in [0.25, 0.3) is 10.3 Å². The predicted octanol–water partition coefficient (Wildman–Crippen LogP) is 3.93. The molecule has 0 amide bonds. The van der Waals surface area contributed by atoms with Crippen LogP contribution >= 0.6 is 11.3 Å². The molecular formula is C28H33N3O4S. The quantitative estimate of drug-likeness (QED) is 0.575. The number of aromatic nitrogens is 2. The molecule has 190 valence electrons. The minimum Gasteiger partial charge on any atom is -0.393 e. The van der Waals surface area contributed by atoms with E-state index in [1.807, 2.05) is 32.1 Å². The van der Waals surface area contributed by atoms with Crippen molar-refractivity contribution in [3.63, 3.8) is 0 Å². The number of hydrogen-bond acceptors (Lipinski definition) is 8. The highest BCUT2D eigenvalue weighted by Gasteiger charge is 2.70. The van der Waals surface area contributed by atoms with Crippen LogP contribution in [0, 0.1) is 34.5 Å². The molecule has 3 N–H and O–H groups in total. The molecule has 0 aromatic carbocycles. The predicted molar refractivity (Wildman–Crippen MR) is 138 cm³/mol. The van der Waals surface area contributed by atoms with Gasteiger partial charge in [0.2, 0.25) is 0 Å². The van der Waals surface area contributed by atoms with Gasteiger partial charge in [-0.3, -0.25) is 9.59 Å². The number of allylic oxidation sites excluding steroid dienone is 4. The summed E-state index contributed by atoms with van der Waals surface area (Å²) in [5.74, 6) is -0.196. The minimum atomic E-state index is -1.54. The molecule has 0 aliphatic heterocycles. The minimum absolute atomic E-state index is 0.0157. The largest absolute Gasteiger partial charge is 0.393 e. The van der Waals surface area contributed by atoms with E-state index in [4.69, 9.17) is 0 Å². The van der Waals surface area contributed by atoms with Gasteiger partial charge in [-0.25, -0.2) is 9.97 Å². The van der Waals surface area contributed by atoms with E-state index in [1.54, 1.807) is 18.3 Å². The number of carbonyl (C=O) groups excluding carboxylic acids is 2. The number of rotatable bonds is 4. The van der Waals surface area contributed by atoms with Crippen molar-refractivity contribution < 1.29 is 19.8 Å². The number of aliphatic hydroxyl groups excluding tert-OH is 1. The first-order valence-corrected chi connectivity index (χ1v) is 13.7. The number of pyridine rings is 1. The fourth-order valence-corrected chi connectivity index (χ4v) is 9.19. The molecule has 3 fully saturated rings. The van der Waals surface area contributed by atoms with Crippen LogP contribution in [0.2, 0.25) is 0 Å². The van der Waals surface area contributed by atoms with Crippen LogP contribution in [0.4, 0.5) is 5.13 Å². The lowest BCUT2D eigenvalue weighted by molar-refractivity contribution is -0.180. The van der Waals surface area contributed by atoms with Gasteiger partial charge in [0, 0.05) is 22.9 Å². The highest BCUT2D eigenvalue weighted by molar-refractivity contribution is 7.21. The van der Waals surface area contributed by atoms with Gasteiger partial charge < -0.3 is 15.5 Å². The van der Waals surface area contributed by atoms with Crippen molar-refractivity contribution in [2.24, 2.45) is 34.5 Å². The standard InChI is InChI=1S/C28H33N3O4S/c1-15-11-19-18-7-6-16-12-17(32)8-9-26(16,2)23(18)21(33)13-27(19,3)28(15,35)22(34)14-30-25-31-20-5-4-10-29-24(20)36-25/h4-5,8-10,12,15,18-19,21,23,33,35H,6-7,11,13-14H2,1-3H3,(H,30,31)/t15-,18?,19?,21+,23?,26?,27?,28+/m1/s1. The molecule has 0 radical (unpaired) electrons. The molecule has 2 heterocycles. The SMILES string of the molecule is C[C@@H]1CC2C3CCC4=CC(=O)C=CC4(C)C3[C@@H](O)CC2(C)[C@@]1(O)C(=O)CNc1nc2cccnc2s1. The van der Waals surface area contributed by atoms with Crippen LogP contribution in [0.3, 0.4) is 0 Å². The van der Waals surface area contributed by atoms with Crippen LogP contribution < -0.4 is 5.32 Å². The Morgan fingerprint density at radius 3 is 2.92 bits per heavy atom. The molecule has 2 aromatic rings.